The minimum atomic E-state index is -3.92. The molecule has 150 valence electrons. The van der Waals surface area contributed by atoms with Crippen molar-refractivity contribution in [2.24, 2.45) is 0 Å². The van der Waals surface area contributed by atoms with Gasteiger partial charge in [-0.3, -0.25) is 10.1 Å². The lowest BCUT2D eigenvalue weighted by molar-refractivity contribution is -0.385. The van der Waals surface area contributed by atoms with Gasteiger partial charge in [0.25, 0.3) is 5.69 Å². The van der Waals surface area contributed by atoms with Crippen LogP contribution in [0.4, 0.5) is 11.4 Å². The second-order valence-electron chi connectivity index (χ2n) is 6.38. The lowest BCUT2D eigenvalue weighted by Crippen LogP contribution is -2.40. The van der Waals surface area contributed by atoms with E-state index >= 15 is 0 Å². The molecule has 1 aliphatic heterocycles. The number of nitrogens with one attached hydrogen (secondary N) is 1. The zero-order chi connectivity index (χ0) is 20.3. The average molecular weight is 426 g/mol. The number of benzene rings is 2. The van der Waals surface area contributed by atoms with E-state index in [1.165, 1.54) is 16.4 Å². The molecule has 0 bridgehead atoms. The summed E-state index contributed by atoms with van der Waals surface area (Å²) in [6, 6.07) is 10.7. The second kappa shape index (κ2) is 8.44. The standard InChI is InChI=1S/C18H20ClN3O5S/c1-13(14-3-2-4-15(19)11-14)20-17-6-5-16(22(23)24)12-18(17)28(25,26)21-7-9-27-10-8-21/h2-6,11-13,20H,7-10H2,1H3. The van der Waals surface area contributed by atoms with Gasteiger partial charge in [0.15, 0.2) is 0 Å². The minimum Gasteiger partial charge on any atom is -0.379 e. The molecule has 1 aliphatic rings. The number of nitro benzene ring substituents is 1. The van der Waals surface area contributed by atoms with Crippen molar-refractivity contribution in [1.29, 1.82) is 0 Å². The van der Waals surface area contributed by atoms with E-state index in [9.17, 15) is 18.5 Å². The first-order valence-corrected chi connectivity index (χ1v) is 10.5. The fourth-order valence-electron chi connectivity index (χ4n) is 2.98. The first kappa shape index (κ1) is 20.5. The number of nitrogens with zero attached hydrogens (tertiary/aromatic N) is 2. The van der Waals surface area contributed by atoms with Gasteiger partial charge >= 0.3 is 0 Å². The number of anilines is 1. The van der Waals surface area contributed by atoms with Crippen molar-refractivity contribution in [1.82, 2.24) is 4.31 Å². The molecule has 1 unspecified atom stereocenters. The summed E-state index contributed by atoms with van der Waals surface area (Å²) in [6.07, 6.45) is 0. The average Bonchev–Trinajstić information content (AvgIpc) is 2.68. The van der Waals surface area contributed by atoms with Gasteiger partial charge in [0, 0.05) is 36.3 Å². The molecule has 1 atom stereocenters. The Balaban J connectivity index is 1.99. The van der Waals surface area contributed by atoms with Crippen LogP contribution in [0.1, 0.15) is 18.5 Å². The molecule has 0 amide bonds. The van der Waals surface area contributed by atoms with Crippen LogP contribution in [0.2, 0.25) is 5.02 Å². The SMILES string of the molecule is CC(Nc1ccc([N+](=O)[O-])cc1S(=O)(=O)N1CCOCC1)c1cccc(Cl)c1. The molecule has 8 nitrogen and oxygen atoms in total. The Kier molecular flexibility index (Phi) is 6.19. The molecule has 0 saturated carbocycles. The monoisotopic (exact) mass is 425 g/mol. The maximum absolute atomic E-state index is 13.1. The van der Waals surface area contributed by atoms with Crippen molar-refractivity contribution in [3.63, 3.8) is 0 Å². The van der Waals surface area contributed by atoms with E-state index in [1.807, 2.05) is 13.0 Å². The van der Waals surface area contributed by atoms with Gasteiger partial charge in [-0.25, -0.2) is 8.42 Å². The fourth-order valence-corrected chi connectivity index (χ4v) is 4.76. The third-order valence-corrected chi connectivity index (χ3v) is 6.66. The molecule has 28 heavy (non-hydrogen) atoms. The van der Waals surface area contributed by atoms with Crippen LogP contribution in [-0.2, 0) is 14.8 Å². The van der Waals surface area contributed by atoms with Crippen LogP contribution in [0.25, 0.3) is 0 Å². The number of morpholine rings is 1. The molecule has 1 fully saturated rings. The summed E-state index contributed by atoms with van der Waals surface area (Å²) in [5, 5.41) is 14.9. The Morgan fingerprint density at radius 1 is 1.21 bits per heavy atom. The molecule has 2 aromatic carbocycles. The van der Waals surface area contributed by atoms with Gasteiger partial charge in [-0.1, -0.05) is 23.7 Å². The molecule has 1 heterocycles. The highest BCUT2D eigenvalue weighted by atomic mass is 35.5. The highest BCUT2D eigenvalue weighted by Crippen LogP contribution is 2.32. The maximum atomic E-state index is 13.1. The summed E-state index contributed by atoms with van der Waals surface area (Å²) in [5.41, 5.74) is 0.873. The van der Waals surface area contributed by atoms with E-state index in [-0.39, 0.29) is 42.9 Å². The lowest BCUT2D eigenvalue weighted by Gasteiger charge is -2.27. The van der Waals surface area contributed by atoms with Crippen LogP contribution in [0, 0.1) is 10.1 Å². The van der Waals surface area contributed by atoms with Crippen LogP contribution in [0.5, 0.6) is 0 Å². The highest BCUT2D eigenvalue weighted by Gasteiger charge is 2.30. The highest BCUT2D eigenvalue weighted by molar-refractivity contribution is 7.89. The minimum absolute atomic E-state index is 0.127. The summed E-state index contributed by atoms with van der Waals surface area (Å²) >= 11 is 6.04. The van der Waals surface area contributed by atoms with E-state index in [0.717, 1.165) is 11.6 Å². The first-order valence-electron chi connectivity index (χ1n) is 8.67. The number of nitro groups is 1. The topological polar surface area (TPSA) is 102 Å². The van der Waals surface area contributed by atoms with Crippen molar-refractivity contribution in [2.75, 3.05) is 31.6 Å². The van der Waals surface area contributed by atoms with E-state index in [2.05, 4.69) is 5.32 Å². The molecule has 1 N–H and O–H groups in total. The van der Waals surface area contributed by atoms with Gasteiger partial charge in [0.05, 0.1) is 23.8 Å². The largest absolute Gasteiger partial charge is 0.379 e. The fraction of sp³-hybridized carbons (Fsp3) is 0.333. The maximum Gasteiger partial charge on any atom is 0.270 e. The van der Waals surface area contributed by atoms with Crippen LogP contribution in [-0.4, -0.2) is 43.9 Å². The van der Waals surface area contributed by atoms with Crippen molar-refractivity contribution in [2.45, 2.75) is 17.9 Å². The number of ether oxygens (including phenoxy) is 1. The predicted octanol–water partition coefficient (Wildman–Crippen LogP) is 3.44. The van der Waals surface area contributed by atoms with Gasteiger partial charge in [-0.05, 0) is 30.7 Å². The molecular formula is C18H20ClN3O5S. The number of rotatable bonds is 6. The van der Waals surface area contributed by atoms with Gasteiger partial charge in [0.1, 0.15) is 4.90 Å². The first-order chi connectivity index (χ1) is 13.3. The van der Waals surface area contributed by atoms with Crippen LogP contribution >= 0.6 is 11.6 Å². The van der Waals surface area contributed by atoms with Gasteiger partial charge < -0.3 is 10.1 Å². The molecule has 0 aliphatic carbocycles. The van der Waals surface area contributed by atoms with Crippen molar-refractivity contribution >= 4 is 33.0 Å². The Bertz CT molecular complexity index is 977. The molecule has 10 heteroatoms. The zero-order valence-electron chi connectivity index (χ0n) is 15.2. The van der Waals surface area contributed by atoms with Gasteiger partial charge in [0.2, 0.25) is 10.0 Å². The van der Waals surface area contributed by atoms with Crippen LogP contribution in [0.3, 0.4) is 0 Å². The normalized spacial score (nSPS) is 16.5. The summed E-state index contributed by atoms with van der Waals surface area (Å²) < 4.78 is 32.8. The number of hydrogen-bond donors (Lipinski definition) is 1. The quantitative estimate of drug-likeness (QED) is 0.561. The molecule has 0 spiro atoms. The van der Waals surface area contributed by atoms with Gasteiger partial charge in [-0.15, -0.1) is 0 Å². The molecule has 2 aromatic rings. The van der Waals surface area contributed by atoms with E-state index < -0.39 is 14.9 Å². The third kappa shape index (κ3) is 4.44. The smallest absolute Gasteiger partial charge is 0.270 e. The predicted molar refractivity (Wildman–Crippen MR) is 106 cm³/mol. The number of halogens is 1. The molecule has 3 rings (SSSR count). The summed E-state index contributed by atoms with van der Waals surface area (Å²) in [6.45, 7) is 2.84. The summed E-state index contributed by atoms with van der Waals surface area (Å²) in [4.78, 5) is 10.5. The number of hydrogen-bond acceptors (Lipinski definition) is 6. The van der Waals surface area contributed by atoms with E-state index in [1.54, 1.807) is 18.2 Å². The third-order valence-electron chi connectivity index (χ3n) is 4.48. The van der Waals surface area contributed by atoms with Crippen molar-refractivity contribution in [3.05, 3.63) is 63.2 Å². The van der Waals surface area contributed by atoms with E-state index in [0.29, 0.717) is 10.7 Å². The second-order valence-corrected chi connectivity index (χ2v) is 8.72. The molecule has 0 radical (unpaired) electrons. The Hall–Kier alpha value is -2.20. The molecule has 0 aromatic heterocycles. The van der Waals surface area contributed by atoms with Crippen molar-refractivity contribution < 1.29 is 18.1 Å². The van der Waals surface area contributed by atoms with Gasteiger partial charge in [-0.2, -0.15) is 4.31 Å². The van der Waals surface area contributed by atoms with Crippen LogP contribution in [0.15, 0.2) is 47.4 Å². The molecular weight excluding hydrogens is 406 g/mol. The number of non-ortho nitro benzene ring substituents is 1. The zero-order valence-corrected chi connectivity index (χ0v) is 16.7. The van der Waals surface area contributed by atoms with Crippen molar-refractivity contribution in [3.8, 4) is 0 Å². The lowest BCUT2D eigenvalue weighted by atomic mass is 10.1. The summed E-state index contributed by atoms with van der Waals surface area (Å²) in [7, 11) is -3.92. The molecule has 1 saturated heterocycles. The Morgan fingerprint density at radius 3 is 2.57 bits per heavy atom. The summed E-state index contributed by atoms with van der Waals surface area (Å²) in [5.74, 6) is 0. The Morgan fingerprint density at radius 2 is 1.93 bits per heavy atom. The van der Waals surface area contributed by atoms with Crippen LogP contribution < -0.4 is 5.32 Å². The van der Waals surface area contributed by atoms with E-state index in [4.69, 9.17) is 16.3 Å². The Labute approximate surface area is 168 Å². The number of sulfonamides is 1.